The molecule has 0 aromatic heterocycles. The number of nitrogens with one attached hydrogen (secondary N) is 1. The molecule has 0 aliphatic heterocycles. The van der Waals surface area contributed by atoms with Gasteiger partial charge >= 0.3 is 0 Å². The van der Waals surface area contributed by atoms with Gasteiger partial charge in [0.2, 0.25) is 0 Å². The molecule has 2 aromatic carbocycles. The average molecular weight is 322 g/mol. The first-order valence-electron chi connectivity index (χ1n) is 6.54. The molecule has 5 heteroatoms. The molecule has 0 saturated heterocycles. The molecule has 3 nitrogen and oxygen atoms in total. The van der Waals surface area contributed by atoms with Crippen molar-refractivity contribution in [3.05, 3.63) is 59.6 Å². The normalized spacial score (nSPS) is 11.5. The maximum Gasteiger partial charge on any atom is 0.261 e. The van der Waals surface area contributed by atoms with Gasteiger partial charge in [0, 0.05) is 10.7 Å². The highest BCUT2D eigenvalue weighted by Gasteiger charge is 2.07. The van der Waals surface area contributed by atoms with Crippen LogP contribution in [-0.4, -0.2) is 17.9 Å². The second kappa shape index (κ2) is 7.86. The van der Waals surface area contributed by atoms with E-state index in [2.05, 4.69) is 5.32 Å². The summed E-state index contributed by atoms with van der Waals surface area (Å²) in [5.74, 6) is 0.810. The minimum absolute atomic E-state index is 0.155. The monoisotopic (exact) mass is 321 g/mol. The van der Waals surface area contributed by atoms with Gasteiger partial charge in [-0.2, -0.15) is 0 Å². The quantitative estimate of drug-likeness (QED) is 0.820. The van der Waals surface area contributed by atoms with Gasteiger partial charge in [0.05, 0.1) is 0 Å². The summed E-state index contributed by atoms with van der Waals surface area (Å²) < 4.78 is 11.2. The molecule has 0 aliphatic carbocycles. The van der Waals surface area contributed by atoms with Crippen molar-refractivity contribution < 1.29 is 9.47 Å². The molecule has 110 valence electrons. The molecule has 0 aliphatic rings. The van der Waals surface area contributed by atoms with Crippen molar-refractivity contribution >= 4 is 34.7 Å². The van der Waals surface area contributed by atoms with Crippen LogP contribution in [-0.2, 0) is 4.74 Å². The highest BCUT2D eigenvalue weighted by atomic mass is 35.5. The number of hydrogen-bond acceptors (Lipinski definition) is 3. The number of thiocarbonyl (C=S) groups is 1. The predicted octanol–water partition coefficient (Wildman–Crippen LogP) is 4.52. The Morgan fingerprint density at radius 3 is 2.48 bits per heavy atom. The number of para-hydroxylation sites is 1. The Hall–Kier alpha value is -1.78. The van der Waals surface area contributed by atoms with Crippen molar-refractivity contribution in [2.24, 2.45) is 0 Å². The van der Waals surface area contributed by atoms with Crippen LogP contribution < -0.4 is 10.1 Å². The van der Waals surface area contributed by atoms with Gasteiger partial charge in [0.25, 0.3) is 5.17 Å². The number of hydrogen-bond donors (Lipinski definition) is 1. The molecule has 0 heterocycles. The molecule has 0 fully saturated rings. The van der Waals surface area contributed by atoms with Crippen LogP contribution in [0.2, 0.25) is 5.02 Å². The summed E-state index contributed by atoms with van der Waals surface area (Å²) in [6, 6.07) is 16.8. The SMILES string of the molecule is CC(COc1ccccc1)OC(=S)Nc1ccc(Cl)cc1. The highest BCUT2D eigenvalue weighted by molar-refractivity contribution is 7.80. The van der Waals surface area contributed by atoms with Crippen LogP contribution in [0.3, 0.4) is 0 Å². The number of anilines is 1. The molecule has 0 bridgehead atoms. The lowest BCUT2D eigenvalue weighted by atomic mass is 10.3. The predicted molar refractivity (Wildman–Crippen MR) is 90.2 cm³/mol. The van der Waals surface area contributed by atoms with Crippen molar-refractivity contribution in [3.63, 3.8) is 0 Å². The van der Waals surface area contributed by atoms with E-state index in [9.17, 15) is 0 Å². The van der Waals surface area contributed by atoms with E-state index in [0.29, 0.717) is 16.8 Å². The first-order valence-corrected chi connectivity index (χ1v) is 7.33. The maximum atomic E-state index is 5.82. The molecule has 21 heavy (non-hydrogen) atoms. The van der Waals surface area contributed by atoms with Gasteiger partial charge in [-0.05, 0) is 55.5 Å². The summed E-state index contributed by atoms with van der Waals surface area (Å²) in [5.41, 5.74) is 0.834. The van der Waals surface area contributed by atoms with E-state index in [-0.39, 0.29) is 6.10 Å². The fourth-order valence-electron chi connectivity index (χ4n) is 1.63. The lowest BCUT2D eigenvalue weighted by Gasteiger charge is -2.17. The van der Waals surface area contributed by atoms with Gasteiger partial charge in [-0.15, -0.1) is 0 Å². The van der Waals surface area contributed by atoms with E-state index < -0.39 is 0 Å². The van der Waals surface area contributed by atoms with E-state index in [1.165, 1.54) is 0 Å². The summed E-state index contributed by atoms with van der Waals surface area (Å²) >= 11 is 11.0. The Kier molecular flexibility index (Phi) is 5.84. The second-order valence-electron chi connectivity index (χ2n) is 4.47. The fraction of sp³-hybridized carbons (Fsp3) is 0.188. The van der Waals surface area contributed by atoms with Crippen LogP contribution in [0.4, 0.5) is 5.69 Å². The largest absolute Gasteiger partial charge is 0.490 e. The summed E-state index contributed by atoms with van der Waals surface area (Å²) in [4.78, 5) is 0. The van der Waals surface area contributed by atoms with Crippen molar-refractivity contribution in [1.82, 2.24) is 0 Å². The van der Waals surface area contributed by atoms with Crippen molar-refractivity contribution in [1.29, 1.82) is 0 Å². The second-order valence-corrected chi connectivity index (χ2v) is 5.28. The van der Waals surface area contributed by atoms with Gasteiger partial charge < -0.3 is 14.8 Å². The zero-order valence-electron chi connectivity index (χ0n) is 11.6. The van der Waals surface area contributed by atoms with E-state index in [0.717, 1.165) is 11.4 Å². The van der Waals surface area contributed by atoms with Gasteiger partial charge in [-0.25, -0.2) is 0 Å². The number of halogens is 1. The number of rotatable bonds is 5. The lowest BCUT2D eigenvalue weighted by Crippen LogP contribution is -2.25. The van der Waals surface area contributed by atoms with Crippen molar-refractivity contribution in [2.45, 2.75) is 13.0 Å². The molecule has 2 rings (SSSR count). The first kappa shape index (κ1) is 15.6. The minimum atomic E-state index is -0.155. The number of ether oxygens (including phenoxy) is 2. The fourth-order valence-corrected chi connectivity index (χ4v) is 2.04. The van der Waals surface area contributed by atoms with E-state index in [1.54, 1.807) is 12.1 Å². The highest BCUT2D eigenvalue weighted by Crippen LogP contribution is 2.14. The lowest BCUT2D eigenvalue weighted by molar-refractivity contribution is 0.136. The summed E-state index contributed by atoms with van der Waals surface area (Å²) in [5, 5.41) is 3.98. The summed E-state index contributed by atoms with van der Waals surface area (Å²) in [7, 11) is 0. The third-order valence-corrected chi connectivity index (χ3v) is 3.08. The Bertz CT molecular complexity index is 575. The smallest absolute Gasteiger partial charge is 0.261 e. The van der Waals surface area contributed by atoms with Gasteiger partial charge in [-0.1, -0.05) is 29.8 Å². The third-order valence-electron chi connectivity index (χ3n) is 2.63. The summed E-state index contributed by atoms with van der Waals surface area (Å²) in [6.07, 6.45) is -0.155. The standard InChI is InChI=1S/C16H16ClNO2S/c1-12(11-19-15-5-3-2-4-6-15)20-16(21)18-14-9-7-13(17)8-10-14/h2-10,12H,11H2,1H3,(H,18,21). The third kappa shape index (κ3) is 5.61. The molecule has 0 radical (unpaired) electrons. The Morgan fingerprint density at radius 2 is 1.81 bits per heavy atom. The topological polar surface area (TPSA) is 30.5 Å². The van der Waals surface area contributed by atoms with Crippen LogP contribution in [0, 0.1) is 0 Å². The Balaban J connectivity index is 1.75. The minimum Gasteiger partial charge on any atom is -0.490 e. The maximum absolute atomic E-state index is 5.82. The van der Waals surface area contributed by atoms with Crippen LogP contribution in [0.5, 0.6) is 5.75 Å². The molecule has 1 atom stereocenters. The van der Waals surface area contributed by atoms with Crippen molar-refractivity contribution in [2.75, 3.05) is 11.9 Å². The molecule has 0 amide bonds. The van der Waals surface area contributed by atoms with Gasteiger partial charge in [0.1, 0.15) is 18.5 Å². The van der Waals surface area contributed by atoms with E-state index in [1.807, 2.05) is 49.4 Å². The van der Waals surface area contributed by atoms with Gasteiger partial charge in [-0.3, -0.25) is 0 Å². The Labute approximate surface area is 134 Å². The zero-order valence-corrected chi connectivity index (χ0v) is 13.2. The first-order chi connectivity index (χ1) is 10.1. The molecule has 2 aromatic rings. The van der Waals surface area contributed by atoms with Gasteiger partial charge in [0.15, 0.2) is 0 Å². The molecule has 1 unspecified atom stereocenters. The van der Waals surface area contributed by atoms with E-state index in [4.69, 9.17) is 33.3 Å². The molecule has 0 spiro atoms. The van der Waals surface area contributed by atoms with E-state index >= 15 is 0 Å². The zero-order chi connectivity index (χ0) is 15.1. The van der Waals surface area contributed by atoms with Crippen molar-refractivity contribution in [3.8, 4) is 5.75 Å². The summed E-state index contributed by atoms with van der Waals surface area (Å²) in [6.45, 7) is 2.32. The van der Waals surface area contributed by atoms with Crippen LogP contribution in [0.15, 0.2) is 54.6 Å². The average Bonchev–Trinajstić information content (AvgIpc) is 2.48. The Morgan fingerprint density at radius 1 is 1.14 bits per heavy atom. The van der Waals surface area contributed by atoms with Crippen LogP contribution in [0.1, 0.15) is 6.92 Å². The molecule has 0 saturated carbocycles. The molecular weight excluding hydrogens is 306 g/mol. The molecular formula is C16H16ClNO2S. The van der Waals surface area contributed by atoms with Crippen LogP contribution in [0.25, 0.3) is 0 Å². The molecule has 1 N–H and O–H groups in total. The number of benzene rings is 2. The van der Waals surface area contributed by atoms with Crippen LogP contribution >= 0.6 is 23.8 Å².